The summed E-state index contributed by atoms with van der Waals surface area (Å²) in [7, 11) is -4.25. The highest BCUT2D eigenvalue weighted by Crippen LogP contribution is 2.35. The van der Waals surface area contributed by atoms with Gasteiger partial charge in [0.2, 0.25) is 0 Å². The van der Waals surface area contributed by atoms with E-state index in [0.29, 0.717) is 0 Å². The van der Waals surface area contributed by atoms with Crippen LogP contribution in [0.15, 0.2) is 91.0 Å². The van der Waals surface area contributed by atoms with Crippen LogP contribution in [-0.2, 0) is 4.57 Å². The van der Waals surface area contributed by atoms with E-state index in [1.807, 2.05) is 48.5 Å². The van der Waals surface area contributed by atoms with Gasteiger partial charge in [-0.2, -0.15) is 0 Å². The first-order chi connectivity index (χ1) is 14.4. The fourth-order valence-corrected chi connectivity index (χ4v) is 4.41. The number of fused-ring (bicyclic) bond motifs is 3. The van der Waals surface area contributed by atoms with Gasteiger partial charge >= 0.3 is 7.60 Å². The molecule has 2 N–H and O–H groups in total. The Morgan fingerprint density at radius 1 is 0.700 bits per heavy atom. The van der Waals surface area contributed by atoms with Crippen molar-refractivity contribution in [3.8, 4) is 16.8 Å². The van der Waals surface area contributed by atoms with Crippen LogP contribution in [0.3, 0.4) is 0 Å². The molecule has 6 heteroatoms. The topological polar surface area (TPSA) is 62.5 Å². The number of rotatable bonds is 3. The Balaban J connectivity index is 1.61. The van der Waals surface area contributed by atoms with E-state index in [9.17, 15) is 18.7 Å². The maximum Gasteiger partial charge on any atom is 0.356 e. The average molecular weight is 417 g/mol. The highest BCUT2D eigenvalue weighted by molar-refractivity contribution is 7.60. The quantitative estimate of drug-likeness (QED) is 0.387. The predicted octanol–water partition coefficient (Wildman–Crippen LogP) is 5.39. The molecule has 0 unspecified atom stereocenters. The molecule has 0 radical (unpaired) electrons. The van der Waals surface area contributed by atoms with E-state index in [2.05, 4.69) is 4.57 Å². The maximum atomic E-state index is 13.9. The van der Waals surface area contributed by atoms with Gasteiger partial charge in [-0.05, 0) is 59.7 Å². The van der Waals surface area contributed by atoms with Crippen molar-refractivity contribution in [1.29, 1.82) is 0 Å². The summed E-state index contributed by atoms with van der Waals surface area (Å²) < 4.78 is 27.3. The van der Waals surface area contributed by atoms with Crippen LogP contribution in [0.4, 0.5) is 4.39 Å². The third kappa shape index (κ3) is 3.14. The number of para-hydroxylation sites is 1. The van der Waals surface area contributed by atoms with E-state index in [1.165, 1.54) is 18.2 Å². The highest BCUT2D eigenvalue weighted by atomic mass is 31.2. The normalized spacial score (nSPS) is 12.0. The molecule has 0 saturated heterocycles. The van der Waals surface area contributed by atoms with Crippen LogP contribution in [-0.4, -0.2) is 14.4 Å². The van der Waals surface area contributed by atoms with E-state index in [1.54, 1.807) is 24.3 Å². The van der Waals surface area contributed by atoms with E-state index >= 15 is 0 Å². The van der Waals surface area contributed by atoms with Crippen molar-refractivity contribution in [2.75, 3.05) is 0 Å². The second kappa shape index (κ2) is 6.92. The molecule has 1 aromatic heterocycles. The average Bonchev–Trinajstić information content (AvgIpc) is 3.07. The van der Waals surface area contributed by atoms with Gasteiger partial charge in [0.1, 0.15) is 5.82 Å². The van der Waals surface area contributed by atoms with Crippen molar-refractivity contribution in [3.63, 3.8) is 0 Å². The molecule has 0 aliphatic carbocycles. The first kappa shape index (κ1) is 18.8. The number of benzene rings is 4. The van der Waals surface area contributed by atoms with Crippen LogP contribution in [0.1, 0.15) is 0 Å². The van der Waals surface area contributed by atoms with Gasteiger partial charge in [-0.1, -0.05) is 42.5 Å². The summed E-state index contributed by atoms with van der Waals surface area (Å²) in [6.45, 7) is 0. The second-order valence-electron chi connectivity index (χ2n) is 7.15. The molecule has 5 rings (SSSR count). The monoisotopic (exact) mass is 417 g/mol. The van der Waals surface area contributed by atoms with Gasteiger partial charge in [0.25, 0.3) is 0 Å². The molecular weight excluding hydrogens is 400 g/mol. The summed E-state index contributed by atoms with van der Waals surface area (Å²) in [6.07, 6.45) is 0. The summed E-state index contributed by atoms with van der Waals surface area (Å²) in [5, 5.41) is 1.85. The number of halogens is 1. The second-order valence-corrected chi connectivity index (χ2v) is 8.76. The Morgan fingerprint density at radius 2 is 1.30 bits per heavy atom. The molecule has 148 valence electrons. The molecule has 30 heavy (non-hydrogen) atoms. The van der Waals surface area contributed by atoms with Crippen LogP contribution < -0.4 is 5.30 Å². The Hall–Kier alpha value is -3.24. The van der Waals surface area contributed by atoms with Crippen molar-refractivity contribution < 1.29 is 18.7 Å². The maximum absolute atomic E-state index is 13.9. The first-order valence-electron chi connectivity index (χ1n) is 9.37. The smallest absolute Gasteiger partial charge is 0.321 e. The highest BCUT2D eigenvalue weighted by Gasteiger charge is 2.16. The van der Waals surface area contributed by atoms with Gasteiger partial charge in [-0.25, -0.2) is 4.39 Å². The number of hydrogen-bond donors (Lipinski definition) is 2. The van der Waals surface area contributed by atoms with E-state index in [4.69, 9.17) is 0 Å². The van der Waals surface area contributed by atoms with Crippen molar-refractivity contribution in [1.82, 2.24) is 4.57 Å². The molecule has 0 amide bonds. The van der Waals surface area contributed by atoms with Crippen LogP contribution in [0.5, 0.6) is 0 Å². The third-order valence-electron chi connectivity index (χ3n) is 5.30. The van der Waals surface area contributed by atoms with Crippen molar-refractivity contribution >= 4 is 34.7 Å². The molecule has 5 aromatic rings. The predicted molar refractivity (Wildman–Crippen MR) is 118 cm³/mol. The minimum Gasteiger partial charge on any atom is -0.321 e. The zero-order chi connectivity index (χ0) is 20.9. The Labute approximate surface area is 172 Å². The molecule has 4 aromatic carbocycles. The lowest BCUT2D eigenvalue weighted by molar-refractivity contribution is 0.387. The molecule has 1 heterocycles. The summed E-state index contributed by atoms with van der Waals surface area (Å²) in [6, 6.07) is 26.9. The van der Waals surface area contributed by atoms with Crippen molar-refractivity contribution in [3.05, 3.63) is 96.8 Å². The fourth-order valence-electron chi connectivity index (χ4n) is 3.87. The van der Waals surface area contributed by atoms with Gasteiger partial charge in [-0.3, -0.25) is 4.57 Å². The number of nitrogens with zero attached hydrogens (tertiary/aromatic N) is 1. The number of aromatic nitrogens is 1. The molecular formula is C24H17FNO3P. The first-order valence-corrected chi connectivity index (χ1v) is 11.0. The van der Waals surface area contributed by atoms with Gasteiger partial charge < -0.3 is 14.4 Å². The standard InChI is InChI=1S/C24H17FNO3P/c25-18-9-14-24-22(15-18)21-3-1-2-4-23(21)26(24)19-10-5-16(6-11-19)17-7-12-20(13-8-17)30(27,28)29/h1-15H,(H2,27,28,29). The largest absolute Gasteiger partial charge is 0.356 e. The SMILES string of the molecule is O=P(O)(O)c1ccc(-c2ccc(-n3c4ccccc4c4cc(F)ccc43)cc2)cc1. The summed E-state index contributed by atoms with van der Waals surface area (Å²) in [5.74, 6) is -0.264. The van der Waals surface area contributed by atoms with Crippen LogP contribution >= 0.6 is 7.60 Å². The van der Waals surface area contributed by atoms with Crippen LogP contribution in [0.2, 0.25) is 0 Å². The van der Waals surface area contributed by atoms with Crippen LogP contribution in [0.25, 0.3) is 38.6 Å². The minimum absolute atomic E-state index is 0.000355. The lowest BCUT2D eigenvalue weighted by Crippen LogP contribution is -2.02. The van der Waals surface area contributed by atoms with Gasteiger partial charge in [-0.15, -0.1) is 0 Å². The summed E-state index contributed by atoms with van der Waals surface area (Å²) >= 11 is 0. The van der Waals surface area contributed by atoms with E-state index in [-0.39, 0.29) is 11.1 Å². The molecule has 4 nitrogen and oxygen atoms in total. The van der Waals surface area contributed by atoms with Crippen molar-refractivity contribution in [2.45, 2.75) is 0 Å². The molecule has 0 saturated carbocycles. The van der Waals surface area contributed by atoms with E-state index in [0.717, 1.165) is 38.6 Å². The third-order valence-corrected chi connectivity index (χ3v) is 6.27. The van der Waals surface area contributed by atoms with Gasteiger partial charge in [0.05, 0.1) is 16.3 Å². The zero-order valence-electron chi connectivity index (χ0n) is 15.7. The number of hydrogen-bond acceptors (Lipinski definition) is 1. The molecule has 0 aliphatic rings. The molecule has 0 spiro atoms. The zero-order valence-corrected chi connectivity index (χ0v) is 16.6. The summed E-state index contributed by atoms with van der Waals surface area (Å²) in [4.78, 5) is 18.5. The summed E-state index contributed by atoms with van der Waals surface area (Å²) in [5.41, 5.74) is 4.67. The Kier molecular flexibility index (Phi) is 4.33. The lowest BCUT2D eigenvalue weighted by Gasteiger charge is -2.10. The lowest BCUT2D eigenvalue weighted by atomic mass is 10.1. The molecule has 0 fully saturated rings. The van der Waals surface area contributed by atoms with Gasteiger partial charge in [0, 0.05) is 16.5 Å². The van der Waals surface area contributed by atoms with Crippen molar-refractivity contribution in [2.24, 2.45) is 0 Å². The van der Waals surface area contributed by atoms with Gasteiger partial charge in [0.15, 0.2) is 0 Å². The molecule has 0 aliphatic heterocycles. The Morgan fingerprint density at radius 3 is 1.97 bits per heavy atom. The Bertz CT molecular complexity index is 1430. The molecule has 0 atom stereocenters. The van der Waals surface area contributed by atoms with E-state index < -0.39 is 7.60 Å². The molecule has 0 bridgehead atoms. The fraction of sp³-hybridized carbons (Fsp3) is 0. The van der Waals surface area contributed by atoms with Crippen LogP contribution in [0, 0.1) is 5.82 Å². The minimum atomic E-state index is -4.25.